The van der Waals surface area contributed by atoms with Gasteiger partial charge >= 0.3 is 0 Å². The molecule has 5 rings (SSSR count). The number of H-pyrrole nitrogens is 1. The molecule has 4 aromatic rings. The highest BCUT2D eigenvalue weighted by atomic mass is 16.3. The zero-order chi connectivity index (χ0) is 20.0. The third kappa shape index (κ3) is 2.86. The predicted octanol–water partition coefficient (Wildman–Crippen LogP) is 4.44. The Morgan fingerprint density at radius 2 is 2.03 bits per heavy atom. The lowest BCUT2D eigenvalue weighted by molar-refractivity contribution is -0.119. The third-order valence-electron chi connectivity index (χ3n) is 5.31. The minimum Gasteiger partial charge on any atom is -0.436 e. The molecular formula is C22H17N5O2. The Hall–Kier alpha value is -3.92. The molecule has 7 nitrogen and oxygen atoms in total. The summed E-state index contributed by atoms with van der Waals surface area (Å²) in [6.07, 6.45) is 3.00. The second kappa shape index (κ2) is 6.31. The van der Waals surface area contributed by atoms with Gasteiger partial charge in [-0.3, -0.25) is 9.89 Å². The van der Waals surface area contributed by atoms with Crippen LogP contribution in [0.1, 0.15) is 18.4 Å². The number of carbonyl (C=O) groups is 1. The van der Waals surface area contributed by atoms with Gasteiger partial charge in [-0.2, -0.15) is 10.4 Å². The Kier molecular flexibility index (Phi) is 3.74. The molecular weight excluding hydrogens is 366 g/mol. The van der Waals surface area contributed by atoms with Crippen molar-refractivity contribution in [3.63, 3.8) is 0 Å². The fourth-order valence-electron chi connectivity index (χ4n) is 3.35. The van der Waals surface area contributed by atoms with Crippen LogP contribution in [-0.4, -0.2) is 21.1 Å². The van der Waals surface area contributed by atoms with E-state index in [0.29, 0.717) is 30.1 Å². The van der Waals surface area contributed by atoms with Crippen molar-refractivity contribution in [1.82, 2.24) is 15.2 Å². The predicted molar refractivity (Wildman–Crippen MR) is 108 cm³/mol. The number of anilines is 1. The van der Waals surface area contributed by atoms with Crippen molar-refractivity contribution < 1.29 is 9.21 Å². The molecule has 1 fully saturated rings. The number of aromatic nitrogens is 3. The van der Waals surface area contributed by atoms with Crippen molar-refractivity contribution in [3.05, 3.63) is 54.2 Å². The molecule has 142 valence electrons. The van der Waals surface area contributed by atoms with Crippen molar-refractivity contribution in [2.45, 2.75) is 19.8 Å². The molecule has 0 saturated heterocycles. The largest absolute Gasteiger partial charge is 0.436 e. The zero-order valence-electron chi connectivity index (χ0n) is 15.7. The highest BCUT2D eigenvalue weighted by molar-refractivity contribution is 5.99. The summed E-state index contributed by atoms with van der Waals surface area (Å²) in [5.41, 5.74) is 4.75. The van der Waals surface area contributed by atoms with E-state index in [2.05, 4.69) is 26.6 Å². The number of rotatable bonds is 4. The van der Waals surface area contributed by atoms with Crippen molar-refractivity contribution in [3.8, 4) is 28.8 Å². The molecule has 1 saturated carbocycles. The molecule has 0 bridgehead atoms. The van der Waals surface area contributed by atoms with Crippen LogP contribution >= 0.6 is 0 Å². The first-order valence-electron chi connectivity index (χ1n) is 9.33. The molecule has 1 amide bonds. The lowest BCUT2D eigenvalue weighted by atomic mass is 10.1. The highest BCUT2D eigenvalue weighted by Crippen LogP contribution is 2.45. The van der Waals surface area contributed by atoms with Crippen molar-refractivity contribution in [2.75, 3.05) is 5.32 Å². The number of nitriles is 1. The van der Waals surface area contributed by atoms with Gasteiger partial charge in [-0.15, -0.1) is 0 Å². The second-order valence-corrected chi connectivity index (χ2v) is 7.31. The Labute approximate surface area is 166 Å². The molecule has 1 aliphatic rings. The minimum atomic E-state index is -0.848. The molecule has 1 aliphatic carbocycles. The van der Waals surface area contributed by atoms with Gasteiger partial charge in [-0.1, -0.05) is 24.3 Å². The molecule has 7 heteroatoms. The van der Waals surface area contributed by atoms with Crippen LogP contribution in [0.4, 0.5) is 5.69 Å². The first kappa shape index (κ1) is 17.2. The number of hydrogen-bond donors (Lipinski definition) is 2. The molecule has 2 heterocycles. The van der Waals surface area contributed by atoms with E-state index in [1.54, 1.807) is 18.3 Å². The van der Waals surface area contributed by atoms with E-state index in [9.17, 15) is 4.79 Å². The van der Waals surface area contributed by atoms with Crippen molar-refractivity contribution in [2.24, 2.45) is 5.41 Å². The maximum absolute atomic E-state index is 12.2. The number of amides is 1. The summed E-state index contributed by atoms with van der Waals surface area (Å²) in [6, 6.07) is 15.3. The van der Waals surface area contributed by atoms with E-state index in [-0.39, 0.29) is 5.91 Å². The Morgan fingerprint density at radius 3 is 2.72 bits per heavy atom. The summed E-state index contributed by atoms with van der Waals surface area (Å²) >= 11 is 0. The zero-order valence-corrected chi connectivity index (χ0v) is 15.7. The quantitative estimate of drug-likeness (QED) is 0.542. The van der Waals surface area contributed by atoms with Crippen molar-refractivity contribution in [1.29, 1.82) is 5.26 Å². The van der Waals surface area contributed by atoms with Crippen LogP contribution in [-0.2, 0) is 4.79 Å². The molecule has 29 heavy (non-hydrogen) atoms. The van der Waals surface area contributed by atoms with Crippen LogP contribution in [0.2, 0.25) is 0 Å². The van der Waals surface area contributed by atoms with Gasteiger partial charge < -0.3 is 9.73 Å². The van der Waals surface area contributed by atoms with Crippen molar-refractivity contribution >= 4 is 22.7 Å². The number of aryl methyl sites for hydroxylation is 1. The van der Waals surface area contributed by atoms with Gasteiger partial charge in [0.05, 0.1) is 11.6 Å². The fourth-order valence-corrected chi connectivity index (χ4v) is 3.35. The van der Waals surface area contributed by atoms with E-state index < -0.39 is 5.41 Å². The average molecular weight is 383 g/mol. The van der Waals surface area contributed by atoms with Gasteiger partial charge in [0, 0.05) is 17.4 Å². The van der Waals surface area contributed by atoms with E-state index in [4.69, 9.17) is 9.68 Å². The molecule has 0 spiro atoms. The van der Waals surface area contributed by atoms with Gasteiger partial charge in [0.1, 0.15) is 16.6 Å². The summed E-state index contributed by atoms with van der Waals surface area (Å²) in [7, 11) is 0. The van der Waals surface area contributed by atoms with Gasteiger partial charge in [-0.25, -0.2) is 4.98 Å². The Bertz CT molecular complexity index is 1270. The Balaban J connectivity index is 1.44. The molecule has 2 N–H and O–H groups in total. The number of carbonyl (C=O) groups excluding carboxylic acids is 1. The third-order valence-corrected chi connectivity index (χ3v) is 5.31. The van der Waals surface area contributed by atoms with Gasteiger partial charge in [0.2, 0.25) is 11.8 Å². The normalized spacial score (nSPS) is 14.5. The first-order valence-corrected chi connectivity index (χ1v) is 9.33. The second-order valence-electron chi connectivity index (χ2n) is 7.31. The summed E-state index contributed by atoms with van der Waals surface area (Å²) in [4.78, 5) is 16.8. The number of para-hydroxylation sites is 1. The van der Waals surface area contributed by atoms with E-state index in [1.165, 1.54) is 0 Å². The van der Waals surface area contributed by atoms with E-state index in [0.717, 1.165) is 27.8 Å². The smallest absolute Gasteiger partial charge is 0.244 e. The number of fused-ring (bicyclic) bond motifs is 1. The van der Waals surface area contributed by atoms with Crippen LogP contribution in [0.5, 0.6) is 0 Å². The molecule has 2 aromatic heterocycles. The lowest BCUT2D eigenvalue weighted by Gasteiger charge is -2.08. The van der Waals surface area contributed by atoms with Crippen LogP contribution in [0.25, 0.3) is 33.8 Å². The summed E-state index contributed by atoms with van der Waals surface area (Å²) in [5.74, 6) is 0.259. The molecule has 0 atom stereocenters. The number of nitrogens with one attached hydrogen (secondary N) is 2. The number of nitrogens with zero attached hydrogens (tertiary/aromatic N) is 3. The summed E-state index contributed by atoms with van der Waals surface area (Å²) < 4.78 is 5.93. The fraction of sp³-hybridized carbons (Fsp3) is 0.182. The lowest BCUT2D eigenvalue weighted by Crippen LogP contribution is -2.22. The van der Waals surface area contributed by atoms with E-state index >= 15 is 0 Å². The highest BCUT2D eigenvalue weighted by Gasteiger charge is 2.50. The van der Waals surface area contributed by atoms with E-state index in [1.807, 2.05) is 37.3 Å². The number of oxazole rings is 1. The maximum atomic E-state index is 12.2. The number of benzene rings is 2. The number of aromatic amines is 1. The van der Waals surface area contributed by atoms with Gasteiger partial charge in [0.25, 0.3) is 0 Å². The maximum Gasteiger partial charge on any atom is 0.244 e. The monoisotopic (exact) mass is 383 g/mol. The standard InChI is InChI=1S/C22H17N5O2/c1-13-3-2-4-17-18(13)26-20(29-17)16-11-24-27-19(16)14-5-7-15(8-6-14)25-21(28)22(12-23)9-10-22/h2-8,11H,9-10H2,1H3,(H,24,27)(H,25,28). The van der Waals surface area contributed by atoms with Crippen LogP contribution in [0.15, 0.2) is 53.1 Å². The van der Waals surface area contributed by atoms with Gasteiger partial charge in [0.15, 0.2) is 5.58 Å². The number of hydrogen-bond acceptors (Lipinski definition) is 5. The van der Waals surface area contributed by atoms with Crippen LogP contribution in [0.3, 0.4) is 0 Å². The first-order chi connectivity index (χ1) is 14.1. The SMILES string of the molecule is Cc1cccc2oc(-c3c[nH]nc3-c3ccc(NC(=O)C4(C#N)CC4)cc3)nc12. The van der Waals surface area contributed by atoms with Crippen LogP contribution in [0, 0.1) is 23.7 Å². The Morgan fingerprint density at radius 1 is 1.24 bits per heavy atom. The minimum absolute atomic E-state index is 0.241. The topological polar surface area (TPSA) is 108 Å². The summed E-state index contributed by atoms with van der Waals surface area (Å²) in [6.45, 7) is 2.00. The molecule has 0 aliphatic heterocycles. The molecule has 2 aromatic carbocycles. The van der Waals surface area contributed by atoms with Gasteiger partial charge in [-0.05, 0) is 43.5 Å². The molecule has 0 radical (unpaired) electrons. The average Bonchev–Trinajstić information content (AvgIpc) is 3.17. The molecule has 0 unspecified atom stereocenters. The van der Waals surface area contributed by atoms with Crippen LogP contribution < -0.4 is 5.32 Å². The summed E-state index contributed by atoms with van der Waals surface area (Å²) in [5, 5.41) is 19.2.